The van der Waals surface area contributed by atoms with Gasteiger partial charge < -0.3 is 31.9 Å². The molecule has 0 aromatic carbocycles. The van der Waals surface area contributed by atoms with Gasteiger partial charge in [-0.15, -0.1) is 18.8 Å². The van der Waals surface area contributed by atoms with Crippen molar-refractivity contribution in [3.63, 3.8) is 0 Å². The standard InChI is InChI=1S/C8H11N4O4.C6H15P.Au/c13-4-6(8(15)16)10-7(14)2-1-5-3-9-12-11-5;1-4-7(5-2)6-3;/h6,13H,1-2,4H2,(H,10,14)(H,15,16)(H,9,11,12);4-6H2,1-3H3;/q-1;;+1/t6-;;/m1../s1. The van der Waals surface area contributed by atoms with E-state index in [0.717, 1.165) is 0 Å². The maximum Gasteiger partial charge on any atom is 1.00 e. The minimum Gasteiger partial charge on any atom is -0.480 e. The van der Waals surface area contributed by atoms with Crippen molar-refractivity contribution >= 4 is 19.8 Å². The first kappa shape index (κ1) is 25.5. The van der Waals surface area contributed by atoms with Crippen molar-refractivity contribution in [3.8, 4) is 0 Å². The van der Waals surface area contributed by atoms with Crippen molar-refractivity contribution in [2.75, 3.05) is 25.1 Å². The van der Waals surface area contributed by atoms with Gasteiger partial charge in [0.15, 0.2) is 0 Å². The Balaban J connectivity index is 0. The van der Waals surface area contributed by atoms with Gasteiger partial charge in [-0.2, -0.15) is 0 Å². The van der Waals surface area contributed by atoms with E-state index in [0.29, 0.717) is 20.0 Å². The molecule has 24 heavy (non-hydrogen) atoms. The molecule has 0 fully saturated rings. The number of H-pyrrole nitrogens is 1. The van der Waals surface area contributed by atoms with E-state index in [4.69, 9.17) is 10.2 Å². The number of aryl methyl sites for hydroxylation is 1. The zero-order valence-corrected chi connectivity index (χ0v) is 17.2. The number of rotatable bonds is 9. The Hall–Kier alpha value is -0.790. The van der Waals surface area contributed by atoms with Crippen LogP contribution in [0.15, 0.2) is 0 Å². The van der Waals surface area contributed by atoms with Crippen molar-refractivity contribution < 1.29 is 42.2 Å². The third-order valence-electron chi connectivity index (χ3n) is 3.18. The molecule has 1 heterocycles. The van der Waals surface area contributed by atoms with E-state index in [1.807, 2.05) is 0 Å². The van der Waals surface area contributed by atoms with Gasteiger partial charge in [0.25, 0.3) is 0 Å². The number of hydrogen-bond acceptors (Lipinski definition) is 5. The first-order valence-electron chi connectivity index (χ1n) is 7.61. The number of carboxylic acids is 1. The van der Waals surface area contributed by atoms with Crippen LogP contribution in [0.3, 0.4) is 0 Å². The van der Waals surface area contributed by atoms with Gasteiger partial charge in [0.1, 0.15) is 6.04 Å². The summed E-state index contributed by atoms with van der Waals surface area (Å²) in [6, 6.07) is -1.27. The van der Waals surface area contributed by atoms with Crippen molar-refractivity contribution in [1.29, 1.82) is 0 Å². The monoisotopic (exact) mass is 542 g/mol. The second-order valence-corrected chi connectivity index (χ2v) is 7.90. The molecule has 1 aromatic heterocycles. The predicted molar refractivity (Wildman–Crippen MR) is 88.7 cm³/mol. The molecule has 0 unspecified atom stereocenters. The predicted octanol–water partition coefficient (Wildman–Crippen LogP) is 0.625. The molecule has 0 saturated carbocycles. The van der Waals surface area contributed by atoms with Crippen LogP contribution in [0.25, 0.3) is 0 Å². The van der Waals surface area contributed by atoms with Crippen LogP contribution in [0.2, 0.25) is 0 Å². The minimum atomic E-state index is -1.27. The number of aliphatic hydroxyl groups excluding tert-OH is 1. The third kappa shape index (κ3) is 11.7. The van der Waals surface area contributed by atoms with Crippen LogP contribution in [0.5, 0.6) is 0 Å². The van der Waals surface area contributed by atoms with Crippen LogP contribution in [0, 0.1) is 6.20 Å². The molecule has 0 radical (unpaired) electrons. The van der Waals surface area contributed by atoms with Crippen LogP contribution < -0.4 is 5.32 Å². The Labute approximate surface area is 159 Å². The number of amides is 1. The van der Waals surface area contributed by atoms with Gasteiger partial charge in [-0.05, 0) is 24.9 Å². The van der Waals surface area contributed by atoms with Gasteiger partial charge in [-0.25, -0.2) is 4.79 Å². The number of aliphatic hydroxyl groups is 1. The molecule has 4 N–H and O–H groups in total. The number of hydrogen-bond donors (Lipinski definition) is 4. The van der Waals surface area contributed by atoms with Crippen molar-refractivity contribution in [1.82, 2.24) is 20.7 Å². The summed E-state index contributed by atoms with van der Waals surface area (Å²) >= 11 is 0. The molecule has 0 bridgehead atoms. The van der Waals surface area contributed by atoms with Gasteiger partial charge in [0, 0.05) is 6.42 Å². The molecular weight excluding hydrogens is 516 g/mol. The van der Waals surface area contributed by atoms with Gasteiger partial charge in [0.2, 0.25) is 5.91 Å². The van der Waals surface area contributed by atoms with Gasteiger partial charge in [0.05, 0.1) is 6.61 Å². The zero-order chi connectivity index (χ0) is 17.7. The quantitative estimate of drug-likeness (QED) is 0.206. The molecule has 1 amide bonds. The van der Waals surface area contributed by atoms with Crippen molar-refractivity contribution in [3.05, 3.63) is 11.9 Å². The number of aliphatic carboxylic acids is 1. The Morgan fingerprint density at radius 3 is 2.21 bits per heavy atom. The second kappa shape index (κ2) is 15.7. The van der Waals surface area contributed by atoms with Gasteiger partial charge in [-0.1, -0.05) is 20.8 Å². The maximum absolute atomic E-state index is 11.3. The fourth-order valence-electron chi connectivity index (χ4n) is 1.67. The van der Waals surface area contributed by atoms with E-state index < -0.39 is 24.5 Å². The molecule has 1 atom stereocenters. The summed E-state index contributed by atoms with van der Waals surface area (Å²) in [5.41, 5.74) is 0.561. The first-order valence-corrected chi connectivity index (χ1v) is 9.51. The molecule has 0 aliphatic heterocycles. The molecule has 142 valence electrons. The fourth-order valence-corrected chi connectivity index (χ4v) is 3.01. The minimum absolute atomic E-state index is 0. The van der Waals surface area contributed by atoms with E-state index in [2.05, 4.69) is 47.7 Å². The average Bonchev–Trinajstić information content (AvgIpc) is 3.06. The third-order valence-corrected chi connectivity index (χ3v) is 5.86. The van der Waals surface area contributed by atoms with Gasteiger partial charge >= 0.3 is 28.3 Å². The van der Waals surface area contributed by atoms with Gasteiger partial charge in [-0.3, -0.25) is 4.79 Å². The second-order valence-electron chi connectivity index (χ2n) is 4.66. The molecule has 10 heteroatoms. The SMILES string of the molecule is CCP(CC)CC.O=C(CCc1[c-]nn[nH]1)N[C@H](CO)C(=O)O.[Au+]. The van der Waals surface area contributed by atoms with E-state index in [1.165, 1.54) is 18.5 Å². The number of nitrogens with one attached hydrogen (secondary N) is 2. The van der Waals surface area contributed by atoms with E-state index >= 15 is 0 Å². The fraction of sp³-hybridized carbons (Fsp3) is 0.714. The zero-order valence-electron chi connectivity index (χ0n) is 14.2. The van der Waals surface area contributed by atoms with Crippen LogP contribution in [0.1, 0.15) is 32.9 Å². The number of aromatic nitrogens is 3. The Kier molecular flexibility index (Phi) is 16.7. The molecule has 8 nitrogen and oxygen atoms in total. The summed E-state index contributed by atoms with van der Waals surface area (Å²) in [7, 11) is 0.446. The molecule has 0 saturated heterocycles. The number of nitrogens with zero attached hydrogens (tertiary/aromatic N) is 2. The van der Waals surface area contributed by atoms with E-state index in [9.17, 15) is 9.59 Å². The number of carboxylic acid groups (broad SMARTS) is 1. The van der Waals surface area contributed by atoms with E-state index in [-0.39, 0.29) is 28.8 Å². The molecule has 0 aliphatic carbocycles. The normalized spacial score (nSPS) is 11.0. The summed E-state index contributed by atoms with van der Waals surface area (Å²) in [6.45, 7) is 6.23. The molecule has 1 rings (SSSR count). The summed E-state index contributed by atoms with van der Waals surface area (Å²) < 4.78 is 0. The molecule has 0 spiro atoms. The Morgan fingerprint density at radius 1 is 1.29 bits per heavy atom. The number of carbonyl (C=O) groups is 2. The maximum atomic E-state index is 11.3. The Morgan fingerprint density at radius 2 is 1.88 bits per heavy atom. The first-order chi connectivity index (χ1) is 11.0. The summed E-state index contributed by atoms with van der Waals surface area (Å²) in [4.78, 5) is 21.7. The molecular formula is C14H26AuN4O4P. The summed E-state index contributed by atoms with van der Waals surface area (Å²) in [6.07, 6.45) is 7.18. The average molecular weight is 542 g/mol. The topological polar surface area (TPSA) is 128 Å². The van der Waals surface area contributed by atoms with Crippen LogP contribution in [-0.4, -0.2) is 68.6 Å². The number of carbonyl (C=O) groups excluding carboxylic acids is 1. The summed E-state index contributed by atoms with van der Waals surface area (Å²) in [5, 5.41) is 28.7. The smallest absolute Gasteiger partial charge is 0.480 e. The summed E-state index contributed by atoms with van der Waals surface area (Å²) in [5.74, 6) is -1.74. The largest absolute Gasteiger partial charge is 1.00 e. The van der Waals surface area contributed by atoms with E-state index in [1.54, 1.807) is 0 Å². The van der Waals surface area contributed by atoms with Crippen molar-refractivity contribution in [2.45, 2.75) is 39.7 Å². The van der Waals surface area contributed by atoms with Crippen LogP contribution in [-0.2, 0) is 38.4 Å². The Bertz CT molecular complexity index is 438. The van der Waals surface area contributed by atoms with Crippen LogP contribution >= 0.6 is 7.92 Å². The molecule has 0 aliphatic rings. The number of aromatic amines is 1. The van der Waals surface area contributed by atoms with Crippen LogP contribution in [0.4, 0.5) is 0 Å². The van der Waals surface area contributed by atoms with Crippen molar-refractivity contribution in [2.24, 2.45) is 0 Å². The molecule has 1 aromatic rings.